The molecule has 2 atom stereocenters. The molecular weight excluding hydrogens is 276 g/mol. The number of aliphatic hydroxyl groups is 1. The molecule has 0 radical (unpaired) electrons. The van der Waals surface area contributed by atoms with Gasteiger partial charge in [0.2, 0.25) is 10.0 Å². The number of hydrogen-bond donors (Lipinski definition) is 2. The molecule has 20 heavy (non-hydrogen) atoms. The van der Waals surface area contributed by atoms with E-state index in [1.165, 1.54) is 6.07 Å². The third-order valence-electron chi connectivity index (χ3n) is 3.64. The predicted octanol–water partition coefficient (Wildman–Crippen LogP) is 1.45. The number of rotatable bonds is 3. The Bertz CT molecular complexity index is 634. The van der Waals surface area contributed by atoms with Crippen molar-refractivity contribution in [3.63, 3.8) is 0 Å². The number of nitrogens with one attached hydrogen (secondary N) is 1. The van der Waals surface area contributed by atoms with Gasteiger partial charge in [0.25, 0.3) is 0 Å². The SMILES string of the molecule is Cc1ccc(C#N)cc1S(=O)(=O)NC1CCCCC1O. The zero-order valence-electron chi connectivity index (χ0n) is 11.3. The van der Waals surface area contributed by atoms with Crippen molar-refractivity contribution in [3.8, 4) is 6.07 Å². The first-order valence-corrected chi connectivity index (χ1v) is 8.13. The van der Waals surface area contributed by atoms with Gasteiger partial charge in [0.1, 0.15) is 0 Å². The first kappa shape index (κ1) is 15.0. The average Bonchev–Trinajstić information content (AvgIpc) is 2.41. The zero-order valence-corrected chi connectivity index (χ0v) is 12.2. The topological polar surface area (TPSA) is 90.2 Å². The Hall–Kier alpha value is -1.42. The molecule has 6 heteroatoms. The van der Waals surface area contributed by atoms with E-state index in [4.69, 9.17) is 5.26 Å². The van der Waals surface area contributed by atoms with E-state index in [0.29, 0.717) is 24.0 Å². The van der Waals surface area contributed by atoms with E-state index in [2.05, 4.69) is 4.72 Å². The molecule has 0 bridgehead atoms. The molecule has 2 rings (SSSR count). The molecule has 5 nitrogen and oxygen atoms in total. The van der Waals surface area contributed by atoms with Crippen molar-refractivity contribution < 1.29 is 13.5 Å². The summed E-state index contributed by atoms with van der Waals surface area (Å²) < 4.78 is 27.4. The summed E-state index contributed by atoms with van der Waals surface area (Å²) in [7, 11) is -3.72. The maximum atomic E-state index is 12.4. The third-order valence-corrected chi connectivity index (χ3v) is 5.27. The van der Waals surface area contributed by atoms with Crippen LogP contribution >= 0.6 is 0 Å². The minimum absolute atomic E-state index is 0.106. The highest BCUT2D eigenvalue weighted by atomic mass is 32.2. The summed E-state index contributed by atoms with van der Waals surface area (Å²) in [4.78, 5) is 0.106. The quantitative estimate of drug-likeness (QED) is 0.882. The highest BCUT2D eigenvalue weighted by Crippen LogP contribution is 2.22. The van der Waals surface area contributed by atoms with Gasteiger partial charge in [0, 0.05) is 6.04 Å². The molecule has 0 aliphatic heterocycles. The number of aryl methyl sites for hydroxylation is 1. The average molecular weight is 294 g/mol. The lowest BCUT2D eigenvalue weighted by Crippen LogP contribution is -2.45. The summed E-state index contributed by atoms with van der Waals surface area (Å²) in [6.45, 7) is 1.69. The molecule has 0 heterocycles. The molecule has 0 aromatic heterocycles. The number of sulfonamides is 1. The Morgan fingerprint density at radius 2 is 2.05 bits per heavy atom. The van der Waals surface area contributed by atoms with Gasteiger partial charge in [-0.25, -0.2) is 13.1 Å². The van der Waals surface area contributed by atoms with E-state index >= 15 is 0 Å². The van der Waals surface area contributed by atoms with Crippen LogP contribution in [-0.4, -0.2) is 25.7 Å². The Balaban J connectivity index is 2.28. The maximum absolute atomic E-state index is 12.4. The number of nitriles is 1. The van der Waals surface area contributed by atoms with Crippen molar-refractivity contribution in [2.75, 3.05) is 0 Å². The molecule has 2 unspecified atom stereocenters. The molecule has 1 saturated carbocycles. The van der Waals surface area contributed by atoms with Gasteiger partial charge < -0.3 is 5.11 Å². The minimum Gasteiger partial charge on any atom is -0.391 e. The van der Waals surface area contributed by atoms with Gasteiger partial charge in [-0.1, -0.05) is 18.9 Å². The monoisotopic (exact) mass is 294 g/mol. The van der Waals surface area contributed by atoms with E-state index in [9.17, 15) is 13.5 Å². The van der Waals surface area contributed by atoms with Gasteiger partial charge in [0.05, 0.1) is 22.6 Å². The number of hydrogen-bond acceptors (Lipinski definition) is 4. The van der Waals surface area contributed by atoms with Crippen molar-refractivity contribution in [3.05, 3.63) is 29.3 Å². The van der Waals surface area contributed by atoms with Crippen LogP contribution in [0.1, 0.15) is 36.8 Å². The predicted molar refractivity (Wildman–Crippen MR) is 74.5 cm³/mol. The molecule has 1 aromatic rings. The summed E-state index contributed by atoms with van der Waals surface area (Å²) in [5.41, 5.74) is 0.891. The molecule has 108 valence electrons. The molecule has 1 aliphatic rings. The maximum Gasteiger partial charge on any atom is 0.241 e. The van der Waals surface area contributed by atoms with Crippen LogP contribution < -0.4 is 4.72 Å². The molecule has 1 fully saturated rings. The zero-order chi connectivity index (χ0) is 14.8. The number of nitrogens with zero attached hydrogens (tertiary/aromatic N) is 1. The Kier molecular flexibility index (Phi) is 4.43. The molecule has 0 saturated heterocycles. The molecular formula is C14H18N2O3S. The van der Waals surface area contributed by atoms with E-state index in [1.807, 2.05) is 6.07 Å². The normalized spacial score (nSPS) is 23.2. The fraction of sp³-hybridized carbons (Fsp3) is 0.500. The molecule has 2 N–H and O–H groups in total. The van der Waals surface area contributed by atoms with Crippen LogP contribution in [0.5, 0.6) is 0 Å². The summed E-state index contributed by atoms with van der Waals surface area (Å²) >= 11 is 0. The highest BCUT2D eigenvalue weighted by molar-refractivity contribution is 7.89. The van der Waals surface area contributed by atoms with Crippen LogP contribution in [-0.2, 0) is 10.0 Å². The largest absolute Gasteiger partial charge is 0.391 e. The lowest BCUT2D eigenvalue weighted by molar-refractivity contribution is 0.101. The molecule has 1 aliphatic carbocycles. The molecule has 0 spiro atoms. The van der Waals surface area contributed by atoms with Crippen molar-refractivity contribution in [2.24, 2.45) is 0 Å². The van der Waals surface area contributed by atoms with Crippen LogP contribution in [0.2, 0.25) is 0 Å². The van der Waals surface area contributed by atoms with Crippen LogP contribution in [0.4, 0.5) is 0 Å². The second-order valence-electron chi connectivity index (χ2n) is 5.17. The van der Waals surface area contributed by atoms with E-state index < -0.39 is 22.2 Å². The summed E-state index contributed by atoms with van der Waals surface area (Å²) in [5.74, 6) is 0. The Morgan fingerprint density at radius 3 is 2.70 bits per heavy atom. The Labute approximate surface area is 119 Å². The van der Waals surface area contributed by atoms with Crippen LogP contribution in [0, 0.1) is 18.3 Å². The van der Waals surface area contributed by atoms with Crippen molar-refractivity contribution >= 4 is 10.0 Å². The fourth-order valence-corrected chi connectivity index (χ4v) is 4.05. The van der Waals surface area contributed by atoms with Gasteiger partial charge in [-0.2, -0.15) is 5.26 Å². The van der Waals surface area contributed by atoms with Gasteiger partial charge in [0.15, 0.2) is 0 Å². The first-order valence-electron chi connectivity index (χ1n) is 6.65. The molecule has 0 amide bonds. The van der Waals surface area contributed by atoms with Gasteiger partial charge in [-0.15, -0.1) is 0 Å². The number of aliphatic hydroxyl groups excluding tert-OH is 1. The summed E-state index contributed by atoms with van der Waals surface area (Å²) in [6.07, 6.45) is 2.43. The van der Waals surface area contributed by atoms with Gasteiger partial charge in [-0.05, 0) is 37.5 Å². The van der Waals surface area contributed by atoms with Gasteiger partial charge >= 0.3 is 0 Å². The second-order valence-corrected chi connectivity index (χ2v) is 6.85. The summed E-state index contributed by atoms with van der Waals surface area (Å²) in [5, 5.41) is 18.7. The highest BCUT2D eigenvalue weighted by Gasteiger charge is 2.28. The van der Waals surface area contributed by atoms with Crippen molar-refractivity contribution in [1.29, 1.82) is 5.26 Å². The lowest BCUT2D eigenvalue weighted by atomic mass is 9.93. The standard InChI is InChI=1S/C14H18N2O3S/c1-10-6-7-11(9-15)8-14(10)20(18,19)16-12-4-2-3-5-13(12)17/h6-8,12-13,16-17H,2-5H2,1H3. The minimum atomic E-state index is -3.72. The summed E-state index contributed by atoms with van der Waals surface area (Å²) in [6, 6.07) is 6.06. The van der Waals surface area contributed by atoms with Crippen LogP contribution in [0.15, 0.2) is 23.1 Å². The smallest absolute Gasteiger partial charge is 0.241 e. The van der Waals surface area contributed by atoms with Crippen molar-refractivity contribution in [2.45, 2.75) is 49.6 Å². The van der Waals surface area contributed by atoms with Gasteiger partial charge in [-0.3, -0.25) is 0 Å². The van der Waals surface area contributed by atoms with Crippen LogP contribution in [0.25, 0.3) is 0 Å². The first-order chi connectivity index (χ1) is 9.44. The second kappa shape index (κ2) is 5.92. The fourth-order valence-electron chi connectivity index (χ4n) is 2.47. The third kappa shape index (κ3) is 3.18. The van der Waals surface area contributed by atoms with Crippen molar-refractivity contribution in [1.82, 2.24) is 4.72 Å². The van der Waals surface area contributed by atoms with E-state index in [0.717, 1.165) is 12.8 Å². The van der Waals surface area contributed by atoms with E-state index in [1.54, 1.807) is 19.1 Å². The van der Waals surface area contributed by atoms with Crippen LogP contribution in [0.3, 0.4) is 0 Å². The number of benzene rings is 1. The molecule has 1 aromatic carbocycles. The lowest BCUT2D eigenvalue weighted by Gasteiger charge is -2.28. The van der Waals surface area contributed by atoms with E-state index in [-0.39, 0.29) is 4.90 Å². The Morgan fingerprint density at radius 1 is 1.35 bits per heavy atom.